The third-order valence-electron chi connectivity index (χ3n) is 4.12. The quantitative estimate of drug-likeness (QED) is 0.865. The first-order valence-electron chi connectivity index (χ1n) is 8.28. The molecule has 2 rings (SSSR count). The minimum atomic E-state index is -0.193. The molecule has 0 saturated carbocycles. The molecule has 3 amide bonds. The molecule has 1 atom stereocenters. The topological polar surface area (TPSA) is 74.3 Å². The first kappa shape index (κ1) is 18.4. The number of pyridine rings is 1. The lowest BCUT2D eigenvalue weighted by Crippen LogP contribution is -2.37. The fourth-order valence-corrected chi connectivity index (χ4v) is 2.68. The maximum Gasteiger partial charge on any atom is 0.322 e. The van der Waals surface area contributed by atoms with Gasteiger partial charge in [0.25, 0.3) is 0 Å². The molecule has 0 radical (unpaired) electrons. The molecule has 0 unspecified atom stereocenters. The molecule has 6 heteroatoms. The first-order valence-corrected chi connectivity index (χ1v) is 8.28. The van der Waals surface area contributed by atoms with Crippen molar-refractivity contribution in [2.24, 2.45) is 0 Å². The molecule has 25 heavy (non-hydrogen) atoms. The Balaban J connectivity index is 2.18. The number of nitrogens with zero attached hydrogens (tertiary/aromatic N) is 2. The molecule has 1 aromatic carbocycles. The van der Waals surface area contributed by atoms with Crippen LogP contribution < -0.4 is 10.6 Å². The van der Waals surface area contributed by atoms with Crippen molar-refractivity contribution in [1.82, 2.24) is 9.88 Å². The van der Waals surface area contributed by atoms with E-state index in [0.717, 1.165) is 11.1 Å². The van der Waals surface area contributed by atoms with E-state index in [1.165, 1.54) is 6.92 Å². The number of rotatable bonds is 5. The highest BCUT2D eigenvalue weighted by Gasteiger charge is 2.21. The molecule has 0 aliphatic carbocycles. The second-order valence-corrected chi connectivity index (χ2v) is 5.84. The van der Waals surface area contributed by atoms with Gasteiger partial charge < -0.3 is 15.5 Å². The Morgan fingerprint density at radius 2 is 1.84 bits per heavy atom. The number of nitrogens with one attached hydrogen (secondary N) is 2. The van der Waals surface area contributed by atoms with Gasteiger partial charge in [0.1, 0.15) is 0 Å². The van der Waals surface area contributed by atoms with E-state index in [1.54, 1.807) is 23.4 Å². The highest BCUT2D eigenvalue weighted by molar-refractivity contribution is 5.94. The van der Waals surface area contributed by atoms with Gasteiger partial charge in [0.05, 0.1) is 6.04 Å². The molecule has 6 nitrogen and oxygen atoms in total. The molecule has 1 heterocycles. The molecule has 0 spiro atoms. The van der Waals surface area contributed by atoms with Crippen LogP contribution in [0.15, 0.2) is 42.7 Å². The van der Waals surface area contributed by atoms with Crippen molar-refractivity contribution in [1.29, 1.82) is 0 Å². The van der Waals surface area contributed by atoms with Crippen LogP contribution >= 0.6 is 0 Å². The van der Waals surface area contributed by atoms with Crippen molar-refractivity contribution < 1.29 is 9.59 Å². The number of hydrogen-bond acceptors (Lipinski definition) is 3. The lowest BCUT2D eigenvalue weighted by molar-refractivity contribution is -0.114. The number of carbonyl (C=O) groups is 2. The van der Waals surface area contributed by atoms with Gasteiger partial charge in [-0.05, 0) is 50.1 Å². The van der Waals surface area contributed by atoms with Gasteiger partial charge in [-0.1, -0.05) is 12.1 Å². The monoisotopic (exact) mass is 340 g/mol. The number of hydrogen-bond donors (Lipinski definition) is 2. The largest absolute Gasteiger partial charge is 0.326 e. The van der Waals surface area contributed by atoms with Crippen LogP contribution in [0.5, 0.6) is 0 Å². The van der Waals surface area contributed by atoms with E-state index in [-0.39, 0.29) is 18.0 Å². The molecule has 0 saturated heterocycles. The fourth-order valence-electron chi connectivity index (χ4n) is 2.68. The van der Waals surface area contributed by atoms with E-state index in [1.807, 2.05) is 45.0 Å². The molecule has 132 valence electrons. The van der Waals surface area contributed by atoms with E-state index >= 15 is 0 Å². The third-order valence-corrected chi connectivity index (χ3v) is 4.12. The van der Waals surface area contributed by atoms with Crippen LogP contribution in [0.25, 0.3) is 0 Å². The van der Waals surface area contributed by atoms with E-state index < -0.39 is 0 Å². The van der Waals surface area contributed by atoms with Crippen LogP contribution in [0.2, 0.25) is 0 Å². The Bertz CT molecular complexity index is 746. The fraction of sp³-hybridized carbons (Fsp3) is 0.316. The normalized spacial score (nSPS) is 11.5. The van der Waals surface area contributed by atoms with Gasteiger partial charge in [-0.15, -0.1) is 0 Å². The number of amides is 3. The highest BCUT2D eigenvalue weighted by Crippen LogP contribution is 2.25. The van der Waals surface area contributed by atoms with Crippen molar-refractivity contribution in [2.75, 3.05) is 17.2 Å². The van der Waals surface area contributed by atoms with Crippen LogP contribution in [0.3, 0.4) is 0 Å². The summed E-state index contributed by atoms with van der Waals surface area (Å²) in [6, 6.07) is 8.95. The van der Waals surface area contributed by atoms with Crippen molar-refractivity contribution in [3.05, 3.63) is 53.9 Å². The van der Waals surface area contributed by atoms with Crippen molar-refractivity contribution in [3.8, 4) is 0 Å². The zero-order valence-corrected chi connectivity index (χ0v) is 15.0. The van der Waals surface area contributed by atoms with Gasteiger partial charge in [0.2, 0.25) is 5.91 Å². The Kier molecular flexibility index (Phi) is 6.11. The molecule has 1 aromatic heterocycles. The zero-order chi connectivity index (χ0) is 18.4. The van der Waals surface area contributed by atoms with Gasteiger partial charge >= 0.3 is 6.03 Å². The Labute approximate surface area is 148 Å². The second-order valence-electron chi connectivity index (χ2n) is 5.84. The number of urea groups is 1. The molecule has 0 aliphatic rings. The summed E-state index contributed by atoms with van der Waals surface area (Å²) in [5.41, 5.74) is 3.15. The lowest BCUT2D eigenvalue weighted by atomic mass is 10.1. The van der Waals surface area contributed by atoms with Crippen LogP contribution in [0.1, 0.15) is 37.9 Å². The second kappa shape index (κ2) is 8.28. The summed E-state index contributed by atoms with van der Waals surface area (Å²) in [4.78, 5) is 29.9. The maximum atomic E-state index is 12.8. The Hall–Kier alpha value is -2.89. The predicted molar refractivity (Wildman–Crippen MR) is 99.5 cm³/mol. The van der Waals surface area contributed by atoms with Gasteiger partial charge in [-0.2, -0.15) is 0 Å². The molecule has 0 fully saturated rings. The smallest absolute Gasteiger partial charge is 0.322 e. The van der Waals surface area contributed by atoms with Gasteiger partial charge in [-0.25, -0.2) is 4.79 Å². The molecular weight excluding hydrogens is 316 g/mol. The van der Waals surface area contributed by atoms with Crippen molar-refractivity contribution >= 4 is 23.3 Å². The molecule has 0 aliphatic heterocycles. The summed E-state index contributed by atoms with van der Waals surface area (Å²) in [6.45, 7) is 7.79. The zero-order valence-electron chi connectivity index (χ0n) is 15.0. The first-order chi connectivity index (χ1) is 11.9. The maximum absolute atomic E-state index is 12.8. The minimum absolute atomic E-state index is 0.0995. The Morgan fingerprint density at radius 1 is 1.16 bits per heavy atom. The van der Waals surface area contributed by atoms with E-state index in [9.17, 15) is 9.59 Å². The summed E-state index contributed by atoms with van der Waals surface area (Å²) in [5.74, 6) is -0.146. The van der Waals surface area contributed by atoms with Crippen molar-refractivity contribution in [3.63, 3.8) is 0 Å². The highest BCUT2D eigenvalue weighted by atomic mass is 16.2. The van der Waals surface area contributed by atoms with E-state index in [2.05, 4.69) is 15.6 Å². The summed E-state index contributed by atoms with van der Waals surface area (Å²) >= 11 is 0. The average molecular weight is 340 g/mol. The SMILES string of the molecule is CCN(C(=O)Nc1cccc(NC(C)=O)c1C)[C@@H](C)c1cccnc1. The van der Waals surface area contributed by atoms with Gasteiger partial charge in [0, 0.05) is 37.2 Å². The standard InChI is InChI=1S/C19H24N4O2/c1-5-23(14(3)16-8-7-11-20-12-16)19(25)22-18-10-6-9-17(13(18)2)21-15(4)24/h6-12,14H,5H2,1-4H3,(H,21,24)(H,22,25)/t14-/m0/s1. The molecule has 0 bridgehead atoms. The predicted octanol–water partition coefficient (Wildman–Crippen LogP) is 3.96. The summed E-state index contributed by atoms with van der Waals surface area (Å²) in [7, 11) is 0. The van der Waals surface area contributed by atoms with E-state index in [0.29, 0.717) is 17.9 Å². The number of aromatic nitrogens is 1. The molecular formula is C19H24N4O2. The number of carbonyl (C=O) groups excluding carboxylic acids is 2. The minimum Gasteiger partial charge on any atom is -0.326 e. The lowest BCUT2D eigenvalue weighted by Gasteiger charge is -2.28. The van der Waals surface area contributed by atoms with Crippen LogP contribution in [0.4, 0.5) is 16.2 Å². The molecule has 2 N–H and O–H groups in total. The Morgan fingerprint density at radius 3 is 2.40 bits per heavy atom. The number of anilines is 2. The third kappa shape index (κ3) is 4.56. The average Bonchev–Trinajstić information content (AvgIpc) is 2.59. The van der Waals surface area contributed by atoms with Crippen LogP contribution in [-0.2, 0) is 4.79 Å². The van der Waals surface area contributed by atoms with Gasteiger partial charge in [0.15, 0.2) is 0 Å². The van der Waals surface area contributed by atoms with E-state index in [4.69, 9.17) is 0 Å². The van der Waals surface area contributed by atoms with Crippen LogP contribution in [-0.4, -0.2) is 28.4 Å². The summed E-state index contributed by atoms with van der Waals surface area (Å²) < 4.78 is 0. The van der Waals surface area contributed by atoms with Crippen molar-refractivity contribution in [2.45, 2.75) is 33.7 Å². The summed E-state index contributed by atoms with van der Waals surface area (Å²) in [5, 5.41) is 5.71. The van der Waals surface area contributed by atoms with Gasteiger partial charge in [-0.3, -0.25) is 9.78 Å². The molecule has 2 aromatic rings. The summed E-state index contributed by atoms with van der Waals surface area (Å²) in [6.07, 6.45) is 3.48. The number of benzene rings is 1. The van der Waals surface area contributed by atoms with Crippen LogP contribution in [0, 0.1) is 6.92 Å².